The van der Waals surface area contributed by atoms with Gasteiger partial charge in [-0.25, -0.2) is 4.79 Å². The number of fused-ring (bicyclic) bond motifs is 1. The summed E-state index contributed by atoms with van der Waals surface area (Å²) in [5.41, 5.74) is 6.51. The Morgan fingerprint density at radius 2 is 1.96 bits per heavy atom. The van der Waals surface area contributed by atoms with Gasteiger partial charge in [-0.15, -0.1) is 0 Å². The molecule has 27 heavy (non-hydrogen) atoms. The number of ether oxygens (including phenoxy) is 4. The summed E-state index contributed by atoms with van der Waals surface area (Å²) < 4.78 is 20.8. The molecule has 1 heterocycles. The number of hydrogen-bond acceptors (Lipinski definition) is 7. The van der Waals surface area contributed by atoms with Crippen LogP contribution in [0.2, 0.25) is 5.02 Å². The second-order valence-corrected chi connectivity index (χ2v) is 6.09. The van der Waals surface area contributed by atoms with Gasteiger partial charge in [-0.2, -0.15) is 0 Å². The molecule has 0 aliphatic carbocycles. The zero-order valence-corrected chi connectivity index (χ0v) is 15.3. The highest BCUT2D eigenvalue weighted by atomic mass is 35.5. The molecule has 9 heteroatoms. The number of nitrogens with two attached hydrogens (primary N) is 1. The Hall–Kier alpha value is -3.13. The molecule has 1 unspecified atom stereocenters. The van der Waals surface area contributed by atoms with E-state index in [1.807, 2.05) is 0 Å². The number of esters is 1. The summed E-state index contributed by atoms with van der Waals surface area (Å²) in [5.74, 6) is 0.0496. The fourth-order valence-corrected chi connectivity index (χ4v) is 2.56. The summed E-state index contributed by atoms with van der Waals surface area (Å²) in [7, 11) is 1.38. The maximum atomic E-state index is 12.4. The fourth-order valence-electron chi connectivity index (χ4n) is 2.39. The molecule has 3 N–H and O–H groups in total. The molecule has 8 nitrogen and oxygen atoms in total. The van der Waals surface area contributed by atoms with Crippen LogP contribution in [0.1, 0.15) is 17.3 Å². The van der Waals surface area contributed by atoms with E-state index in [2.05, 4.69) is 5.32 Å². The van der Waals surface area contributed by atoms with Gasteiger partial charge in [-0.1, -0.05) is 11.6 Å². The Morgan fingerprint density at radius 3 is 2.70 bits per heavy atom. The number of hydrogen-bond donors (Lipinski definition) is 2. The zero-order valence-electron chi connectivity index (χ0n) is 14.6. The molecule has 0 bridgehead atoms. The van der Waals surface area contributed by atoms with Gasteiger partial charge in [0.2, 0.25) is 6.79 Å². The van der Waals surface area contributed by atoms with Gasteiger partial charge >= 0.3 is 5.97 Å². The Kier molecular flexibility index (Phi) is 5.27. The molecule has 3 rings (SSSR count). The minimum atomic E-state index is -1.07. The third kappa shape index (κ3) is 4.01. The molecule has 2 aromatic carbocycles. The van der Waals surface area contributed by atoms with Gasteiger partial charge in [0.15, 0.2) is 17.6 Å². The maximum Gasteiger partial charge on any atom is 0.342 e. The van der Waals surface area contributed by atoms with E-state index in [1.54, 1.807) is 18.2 Å². The van der Waals surface area contributed by atoms with E-state index in [0.29, 0.717) is 17.2 Å². The topological polar surface area (TPSA) is 109 Å². The SMILES string of the molecule is COc1cc(N)c(Cl)cc1C(=O)OC(C)C(=O)Nc1ccc2c(c1)OCO2. The van der Waals surface area contributed by atoms with Crippen LogP contribution in [0.5, 0.6) is 17.2 Å². The van der Waals surface area contributed by atoms with Gasteiger partial charge in [0, 0.05) is 17.8 Å². The standard InChI is InChI=1S/C18H17ClN2O6/c1-9(17(22)21-10-3-4-14-16(5-10)26-8-25-14)27-18(23)11-6-12(19)13(20)7-15(11)24-2/h3-7,9H,8,20H2,1-2H3,(H,21,22). The summed E-state index contributed by atoms with van der Waals surface area (Å²) >= 11 is 5.95. The van der Waals surface area contributed by atoms with Gasteiger partial charge in [0.25, 0.3) is 5.91 Å². The van der Waals surface area contributed by atoms with Crippen LogP contribution in [0, 0.1) is 0 Å². The normalized spacial score (nSPS) is 13.0. The lowest BCUT2D eigenvalue weighted by Gasteiger charge is -2.15. The summed E-state index contributed by atoms with van der Waals surface area (Å²) in [4.78, 5) is 24.7. The van der Waals surface area contributed by atoms with Crippen LogP contribution >= 0.6 is 11.6 Å². The zero-order chi connectivity index (χ0) is 19.6. The smallest absolute Gasteiger partial charge is 0.342 e. The first-order valence-electron chi connectivity index (χ1n) is 7.93. The van der Waals surface area contributed by atoms with E-state index in [1.165, 1.54) is 26.2 Å². The maximum absolute atomic E-state index is 12.4. The predicted octanol–water partition coefficient (Wildman–Crippen LogP) is 2.84. The van der Waals surface area contributed by atoms with Crippen molar-refractivity contribution in [2.24, 2.45) is 0 Å². The number of anilines is 2. The van der Waals surface area contributed by atoms with E-state index in [4.69, 9.17) is 36.3 Å². The molecule has 0 saturated carbocycles. The summed E-state index contributed by atoms with van der Waals surface area (Å²) in [5, 5.41) is 2.83. The van der Waals surface area contributed by atoms with Crippen molar-refractivity contribution in [2.45, 2.75) is 13.0 Å². The van der Waals surface area contributed by atoms with Crippen LogP contribution < -0.4 is 25.3 Å². The molecule has 0 spiro atoms. The lowest BCUT2D eigenvalue weighted by atomic mass is 10.2. The van der Waals surface area contributed by atoms with Gasteiger partial charge in [0.05, 0.1) is 17.8 Å². The molecule has 1 atom stereocenters. The lowest BCUT2D eigenvalue weighted by Crippen LogP contribution is -2.30. The first-order valence-corrected chi connectivity index (χ1v) is 8.31. The number of amides is 1. The molecule has 0 radical (unpaired) electrons. The molecule has 2 aromatic rings. The Balaban J connectivity index is 1.67. The number of halogens is 1. The number of carbonyl (C=O) groups excluding carboxylic acids is 2. The Morgan fingerprint density at radius 1 is 1.22 bits per heavy atom. The molecule has 142 valence electrons. The second-order valence-electron chi connectivity index (χ2n) is 5.68. The van der Waals surface area contributed by atoms with Crippen molar-refractivity contribution in [3.05, 3.63) is 40.9 Å². The van der Waals surface area contributed by atoms with Gasteiger partial charge in [0.1, 0.15) is 11.3 Å². The Labute approximate surface area is 160 Å². The van der Waals surface area contributed by atoms with Crippen molar-refractivity contribution in [1.82, 2.24) is 0 Å². The molecule has 1 amide bonds. The minimum absolute atomic E-state index is 0.0689. The highest BCUT2D eigenvalue weighted by molar-refractivity contribution is 6.33. The van der Waals surface area contributed by atoms with Gasteiger partial charge in [-0.05, 0) is 25.1 Å². The van der Waals surface area contributed by atoms with Gasteiger partial charge < -0.3 is 30.0 Å². The highest BCUT2D eigenvalue weighted by Gasteiger charge is 2.23. The largest absolute Gasteiger partial charge is 0.496 e. The third-order valence-electron chi connectivity index (χ3n) is 3.83. The average Bonchev–Trinajstić information content (AvgIpc) is 3.11. The van der Waals surface area contributed by atoms with E-state index < -0.39 is 18.0 Å². The van der Waals surface area contributed by atoms with Crippen molar-refractivity contribution in [3.8, 4) is 17.2 Å². The van der Waals surface area contributed by atoms with Crippen molar-refractivity contribution >= 4 is 34.9 Å². The van der Waals surface area contributed by atoms with Crippen LogP contribution in [0.3, 0.4) is 0 Å². The molecule has 1 aliphatic heterocycles. The molecule has 0 fully saturated rings. The van der Waals surface area contributed by atoms with Crippen molar-refractivity contribution in [2.75, 3.05) is 25.0 Å². The fraction of sp³-hybridized carbons (Fsp3) is 0.222. The second kappa shape index (κ2) is 7.63. The van der Waals surface area contributed by atoms with Crippen molar-refractivity contribution in [1.29, 1.82) is 0 Å². The lowest BCUT2D eigenvalue weighted by molar-refractivity contribution is -0.123. The minimum Gasteiger partial charge on any atom is -0.496 e. The van der Waals surface area contributed by atoms with E-state index in [-0.39, 0.29) is 28.8 Å². The van der Waals surface area contributed by atoms with Crippen LogP contribution in [-0.4, -0.2) is 31.9 Å². The number of methoxy groups -OCH3 is 1. The first kappa shape index (κ1) is 18.7. The molecular formula is C18H17ClN2O6. The van der Waals surface area contributed by atoms with Crippen LogP contribution in [0.15, 0.2) is 30.3 Å². The summed E-state index contributed by atoms with van der Waals surface area (Å²) in [6.07, 6.45) is -1.07. The summed E-state index contributed by atoms with van der Waals surface area (Å²) in [6.45, 7) is 1.58. The number of nitrogens with one attached hydrogen (secondary N) is 1. The molecule has 0 saturated heterocycles. The van der Waals surface area contributed by atoms with E-state index in [0.717, 1.165) is 0 Å². The first-order chi connectivity index (χ1) is 12.9. The number of benzene rings is 2. The van der Waals surface area contributed by atoms with Gasteiger partial charge in [-0.3, -0.25) is 4.79 Å². The third-order valence-corrected chi connectivity index (χ3v) is 4.16. The van der Waals surface area contributed by atoms with Crippen LogP contribution in [-0.2, 0) is 9.53 Å². The molecular weight excluding hydrogens is 376 g/mol. The van der Waals surface area contributed by atoms with Crippen LogP contribution in [0.25, 0.3) is 0 Å². The predicted molar refractivity (Wildman–Crippen MR) is 98.5 cm³/mol. The average molecular weight is 393 g/mol. The Bertz CT molecular complexity index is 902. The van der Waals surface area contributed by atoms with E-state index >= 15 is 0 Å². The van der Waals surface area contributed by atoms with Crippen molar-refractivity contribution < 1.29 is 28.5 Å². The number of carbonyl (C=O) groups is 2. The highest BCUT2D eigenvalue weighted by Crippen LogP contribution is 2.34. The van der Waals surface area contributed by atoms with Crippen LogP contribution in [0.4, 0.5) is 11.4 Å². The van der Waals surface area contributed by atoms with E-state index in [9.17, 15) is 9.59 Å². The molecule has 1 aliphatic rings. The number of nitrogen functional groups attached to an aromatic ring is 1. The summed E-state index contributed by atoms with van der Waals surface area (Å²) in [6, 6.07) is 7.70. The molecule has 0 aromatic heterocycles. The quantitative estimate of drug-likeness (QED) is 0.594. The monoisotopic (exact) mass is 392 g/mol. The van der Waals surface area contributed by atoms with Crippen molar-refractivity contribution in [3.63, 3.8) is 0 Å². The number of rotatable bonds is 5.